The molecule has 0 spiro atoms. The number of para-hydroxylation sites is 2. The zero-order valence-corrected chi connectivity index (χ0v) is 32.9. The minimum Gasteiger partial charge on any atom is -0.310 e. The van der Waals surface area contributed by atoms with E-state index in [1.54, 1.807) is 0 Å². The van der Waals surface area contributed by atoms with Crippen molar-refractivity contribution >= 4 is 91.9 Å². The number of hydrogen-bond acceptors (Lipinski definition) is 2. The standard InChI is InChI=1S/C56H36N2S/c1-3-15-37(16-4-1)44-25-13-18-39-19-14-26-45(54(39)44)38-29-31-42(32-30-38)57(43-33-34-48-47-23-10-12-28-52(47)59-53(48)36-43)51-35-40-17-7-8-22-46(40)56-55(51)49-24-9-11-27-50(49)58(56)41-20-5-2-6-21-41/h1-36H. The van der Waals surface area contributed by atoms with E-state index in [-0.39, 0.29) is 0 Å². The van der Waals surface area contributed by atoms with Crippen LogP contribution in [0.15, 0.2) is 218 Å². The molecule has 0 fully saturated rings. The highest BCUT2D eigenvalue weighted by atomic mass is 32.1. The Bertz CT molecular complexity index is 3540. The van der Waals surface area contributed by atoms with E-state index in [4.69, 9.17) is 0 Å². The Balaban J connectivity index is 1.13. The van der Waals surface area contributed by atoms with Gasteiger partial charge in [-0.2, -0.15) is 0 Å². The molecule has 0 bridgehead atoms. The Hall–Kier alpha value is -7.46. The van der Waals surface area contributed by atoms with Crippen molar-refractivity contribution < 1.29 is 0 Å². The minimum atomic E-state index is 1.10. The second-order valence-electron chi connectivity index (χ2n) is 15.3. The maximum Gasteiger partial charge on any atom is 0.0640 e. The van der Waals surface area contributed by atoms with E-state index in [9.17, 15) is 0 Å². The van der Waals surface area contributed by atoms with Gasteiger partial charge in [-0.05, 0) is 93.0 Å². The molecule has 2 nitrogen and oxygen atoms in total. The quantitative estimate of drug-likeness (QED) is 0.164. The highest BCUT2D eigenvalue weighted by molar-refractivity contribution is 7.25. The van der Waals surface area contributed by atoms with Crippen molar-refractivity contribution in [3.63, 3.8) is 0 Å². The SMILES string of the molecule is c1ccc(-c2cccc3cccc(-c4ccc(N(c5ccc6c(c5)sc5ccccc56)c5cc6ccccc6c6c5c5ccccc5n6-c5ccccc5)cc4)c23)cc1. The molecule has 0 saturated heterocycles. The first-order valence-electron chi connectivity index (χ1n) is 20.2. The lowest BCUT2D eigenvalue weighted by atomic mass is 9.91. The number of anilines is 3. The molecule has 0 amide bonds. The van der Waals surface area contributed by atoms with Crippen LogP contribution >= 0.6 is 11.3 Å². The van der Waals surface area contributed by atoms with E-state index in [1.807, 2.05) is 11.3 Å². The van der Waals surface area contributed by atoms with Gasteiger partial charge in [-0.1, -0.05) is 164 Å². The lowest BCUT2D eigenvalue weighted by molar-refractivity contribution is 1.19. The molecule has 2 heterocycles. The topological polar surface area (TPSA) is 8.17 Å². The summed E-state index contributed by atoms with van der Waals surface area (Å²) in [6, 6.07) is 80.0. The number of benzene rings is 10. The van der Waals surface area contributed by atoms with Crippen LogP contribution in [0.1, 0.15) is 0 Å². The predicted molar refractivity (Wildman–Crippen MR) is 254 cm³/mol. The molecule has 10 aromatic carbocycles. The van der Waals surface area contributed by atoms with Crippen molar-refractivity contribution in [1.82, 2.24) is 4.57 Å². The van der Waals surface area contributed by atoms with Gasteiger partial charge in [0, 0.05) is 53.4 Å². The van der Waals surface area contributed by atoms with Gasteiger partial charge in [-0.3, -0.25) is 0 Å². The minimum absolute atomic E-state index is 1.10. The summed E-state index contributed by atoms with van der Waals surface area (Å²) in [5.74, 6) is 0. The lowest BCUT2D eigenvalue weighted by Crippen LogP contribution is -2.10. The van der Waals surface area contributed by atoms with E-state index < -0.39 is 0 Å². The van der Waals surface area contributed by atoms with E-state index in [0.717, 1.165) is 22.7 Å². The monoisotopic (exact) mass is 768 g/mol. The average molecular weight is 769 g/mol. The van der Waals surface area contributed by atoms with E-state index in [0.29, 0.717) is 0 Å². The second kappa shape index (κ2) is 13.6. The molecular formula is C56H36N2S. The molecule has 2 aromatic heterocycles. The fourth-order valence-electron chi connectivity index (χ4n) is 9.34. The summed E-state index contributed by atoms with van der Waals surface area (Å²) in [4.78, 5) is 2.49. The predicted octanol–water partition coefficient (Wildman–Crippen LogP) is 16.3. The number of hydrogen-bond donors (Lipinski definition) is 0. The summed E-state index contributed by atoms with van der Waals surface area (Å²) < 4.78 is 5.04. The summed E-state index contributed by atoms with van der Waals surface area (Å²) in [6.07, 6.45) is 0. The largest absolute Gasteiger partial charge is 0.310 e. The first kappa shape index (κ1) is 33.7. The van der Waals surface area contributed by atoms with Crippen LogP contribution in [0.2, 0.25) is 0 Å². The molecule has 3 heteroatoms. The van der Waals surface area contributed by atoms with E-state index in [1.165, 1.54) is 85.8 Å². The number of rotatable bonds is 6. The van der Waals surface area contributed by atoms with E-state index in [2.05, 4.69) is 228 Å². The van der Waals surface area contributed by atoms with Gasteiger partial charge >= 0.3 is 0 Å². The van der Waals surface area contributed by atoms with Crippen LogP contribution in [-0.4, -0.2) is 4.57 Å². The summed E-state index contributed by atoms with van der Waals surface area (Å²) in [6.45, 7) is 0. The highest BCUT2D eigenvalue weighted by Crippen LogP contribution is 2.48. The average Bonchev–Trinajstić information content (AvgIpc) is 3.86. The summed E-state index contributed by atoms with van der Waals surface area (Å²) in [5.41, 5.74) is 11.8. The fourth-order valence-corrected chi connectivity index (χ4v) is 10.5. The molecule has 12 aromatic rings. The summed E-state index contributed by atoms with van der Waals surface area (Å²) in [7, 11) is 0. The molecular weight excluding hydrogens is 733 g/mol. The van der Waals surface area contributed by atoms with Gasteiger partial charge in [-0.15, -0.1) is 11.3 Å². The molecule has 276 valence electrons. The first-order chi connectivity index (χ1) is 29.3. The van der Waals surface area contributed by atoms with Gasteiger partial charge in [0.25, 0.3) is 0 Å². The highest BCUT2D eigenvalue weighted by Gasteiger charge is 2.24. The Morgan fingerprint density at radius 2 is 0.966 bits per heavy atom. The molecule has 0 unspecified atom stereocenters. The smallest absolute Gasteiger partial charge is 0.0640 e. The molecule has 0 aliphatic rings. The zero-order valence-electron chi connectivity index (χ0n) is 32.1. The van der Waals surface area contributed by atoms with Crippen LogP contribution in [-0.2, 0) is 0 Å². The van der Waals surface area contributed by atoms with Crippen LogP contribution in [0, 0.1) is 0 Å². The van der Waals surface area contributed by atoms with Crippen molar-refractivity contribution in [3.8, 4) is 27.9 Å². The maximum absolute atomic E-state index is 2.49. The molecule has 0 aliphatic heterocycles. The normalized spacial score (nSPS) is 11.7. The second-order valence-corrected chi connectivity index (χ2v) is 16.3. The van der Waals surface area contributed by atoms with Crippen molar-refractivity contribution in [3.05, 3.63) is 218 Å². The van der Waals surface area contributed by atoms with Crippen molar-refractivity contribution in [2.75, 3.05) is 4.90 Å². The fraction of sp³-hybridized carbons (Fsp3) is 0. The number of fused-ring (bicyclic) bond motifs is 9. The molecule has 59 heavy (non-hydrogen) atoms. The third-order valence-corrected chi connectivity index (χ3v) is 13.1. The lowest BCUT2D eigenvalue weighted by Gasteiger charge is -2.27. The van der Waals surface area contributed by atoms with Crippen molar-refractivity contribution in [1.29, 1.82) is 0 Å². The third-order valence-electron chi connectivity index (χ3n) is 11.9. The Kier molecular flexibility index (Phi) is 7.75. The molecule has 0 saturated carbocycles. The van der Waals surface area contributed by atoms with Gasteiger partial charge in [0.05, 0.1) is 16.7 Å². The van der Waals surface area contributed by atoms with Crippen molar-refractivity contribution in [2.24, 2.45) is 0 Å². The number of nitrogens with zero attached hydrogens (tertiary/aromatic N) is 2. The van der Waals surface area contributed by atoms with Crippen molar-refractivity contribution in [2.45, 2.75) is 0 Å². The van der Waals surface area contributed by atoms with Gasteiger partial charge in [0.1, 0.15) is 0 Å². The van der Waals surface area contributed by atoms with Crippen LogP contribution in [0.4, 0.5) is 17.1 Å². The van der Waals surface area contributed by atoms with Crippen LogP contribution in [0.3, 0.4) is 0 Å². The van der Waals surface area contributed by atoms with Gasteiger partial charge in [-0.25, -0.2) is 0 Å². The molecule has 0 aliphatic carbocycles. The zero-order chi connectivity index (χ0) is 38.9. The Morgan fingerprint density at radius 1 is 0.373 bits per heavy atom. The molecule has 0 N–H and O–H groups in total. The van der Waals surface area contributed by atoms with Crippen LogP contribution in [0.5, 0.6) is 0 Å². The Labute approximate surface area is 346 Å². The van der Waals surface area contributed by atoms with Crippen LogP contribution < -0.4 is 4.90 Å². The summed E-state index contributed by atoms with van der Waals surface area (Å²) in [5, 5.41) is 9.98. The van der Waals surface area contributed by atoms with E-state index >= 15 is 0 Å². The summed E-state index contributed by atoms with van der Waals surface area (Å²) >= 11 is 1.86. The third kappa shape index (κ3) is 5.40. The van der Waals surface area contributed by atoms with Gasteiger partial charge in [0.15, 0.2) is 0 Å². The number of thiophene rings is 1. The molecule has 0 atom stereocenters. The van der Waals surface area contributed by atoms with Gasteiger partial charge < -0.3 is 9.47 Å². The maximum atomic E-state index is 2.49. The van der Waals surface area contributed by atoms with Gasteiger partial charge in [0.2, 0.25) is 0 Å². The van der Waals surface area contributed by atoms with Crippen LogP contribution in [0.25, 0.3) is 91.5 Å². The molecule has 0 radical (unpaired) electrons. The number of aromatic nitrogens is 1. The molecule has 12 rings (SSSR count). The first-order valence-corrected chi connectivity index (χ1v) is 21.0. The Morgan fingerprint density at radius 3 is 1.75 bits per heavy atom.